The van der Waals surface area contributed by atoms with Gasteiger partial charge in [-0.15, -0.1) is 0 Å². The fourth-order valence-corrected chi connectivity index (χ4v) is 2.96. The van der Waals surface area contributed by atoms with Crippen LogP contribution >= 0.6 is 0 Å². The van der Waals surface area contributed by atoms with E-state index in [9.17, 15) is 9.90 Å². The number of carbonyl (C=O) groups is 1. The summed E-state index contributed by atoms with van der Waals surface area (Å²) in [5.74, 6) is 1.25. The van der Waals surface area contributed by atoms with Gasteiger partial charge in [-0.2, -0.15) is 0 Å². The second-order valence-electron chi connectivity index (χ2n) is 6.16. The van der Waals surface area contributed by atoms with Crippen LogP contribution in [-0.2, 0) is 7.05 Å². The number of hydrogen-bond acceptors (Lipinski definition) is 4. The molecule has 26 heavy (non-hydrogen) atoms. The first-order chi connectivity index (χ1) is 12.6. The third kappa shape index (κ3) is 3.16. The van der Waals surface area contributed by atoms with Crippen LogP contribution in [0.4, 0.5) is 10.5 Å². The lowest BCUT2D eigenvalue weighted by Crippen LogP contribution is -2.32. The molecule has 2 amide bonds. The number of nitrogens with one attached hydrogen (secondary N) is 2. The predicted octanol–water partition coefficient (Wildman–Crippen LogP) is 2.76. The maximum atomic E-state index is 12.1. The van der Waals surface area contributed by atoms with Crippen molar-refractivity contribution in [1.29, 1.82) is 0 Å². The van der Waals surface area contributed by atoms with Gasteiger partial charge in [-0.3, -0.25) is 0 Å². The Labute approximate surface area is 150 Å². The van der Waals surface area contributed by atoms with E-state index < -0.39 is 12.1 Å². The summed E-state index contributed by atoms with van der Waals surface area (Å²) in [6.07, 6.45) is 1.18. The highest BCUT2D eigenvalue weighted by Gasteiger charge is 2.15. The molecule has 0 saturated heterocycles. The lowest BCUT2D eigenvalue weighted by molar-refractivity contribution is 0.174. The minimum absolute atomic E-state index is 0.106. The summed E-state index contributed by atoms with van der Waals surface area (Å²) in [5, 5.41) is 16.8. The van der Waals surface area contributed by atoms with Crippen LogP contribution in [0.25, 0.3) is 10.9 Å². The standard InChI is InChI=1S/C19H19N3O4/c1-22-7-6-12-8-13(2-4-15(12)22)16(23)10-20-19(24)21-14-3-5-17-18(9-14)26-11-25-17/h2-9,16,23H,10-11H2,1H3,(H2,20,21,24)/t16-/m1/s1. The molecule has 3 aromatic rings. The minimum Gasteiger partial charge on any atom is -0.454 e. The van der Waals surface area contributed by atoms with Crippen LogP contribution in [0.3, 0.4) is 0 Å². The predicted molar refractivity (Wildman–Crippen MR) is 97.5 cm³/mol. The van der Waals surface area contributed by atoms with E-state index in [0.29, 0.717) is 17.2 Å². The number of urea groups is 1. The highest BCUT2D eigenvalue weighted by atomic mass is 16.7. The highest BCUT2D eigenvalue weighted by Crippen LogP contribution is 2.34. The average molecular weight is 353 g/mol. The smallest absolute Gasteiger partial charge is 0.319 e. The van der Waals surface area contributed by atoms with Crippen molar-refractivity contribution in [3.05, 3.63) is 54.2 Å². The molecule has 3 N–H and O–H groups in total. The van der Waals surface area contributed by atoms with Gasteiger partial charge in [0.05, 0.1) is 6.10 Å². The Morgan fingerprint density at radius 2 is 2.04 bits per heavy atom. The number of ether oxygens (including phenoxy) is 2. The number of fused-ring (bicyclic) bond motifs is 2. The third-order valence-corrected chi connectivity index (χ3v) is 4.38. The Kier molecular flexibility index (Phi) is 4.14. The quantitative estimate of drug-likeness (QED) is 0.673. The van der Waals surface area contributed by atoms with Crippen molar-refractivity contribution >= 4 is 22.6 Å². The summed E-state index contributed by atoms with van der Waals surface area (Å²) in [6.45, 7) is 0.289. The Bertz CT molecular complexity index is 967. The largest absolute Gasteiger partial charge is 0.454 e. The van der Waals surface area contributed by atoms with Crippen molar-refractivity contribution in [3.8, 4) is 11.5 Å². The summed E-state index contributed by atoms with van der Waals surface area (Å²) >= 11 is 0. The zero-order valence-electron chi connectivity index (χ0n) is 14.2. The zero-order chi connectivity index (χ0) is 18.1. The van der Waals surface area contributed by atoms with Crippen molar-refractivity contribution in [1.82, 2.24) is 9.88 Å². The van der Waals surface area contributed by atoms with Gasteiger partial charge in [-0.1, -0.05) is 6.07 Å². The van der Waals surface area contributed by atoms with Crippen LogP contribution in [0.5, 0.6) is 11.5 Å². The molecule has 2 aromatic carbocycles. The molecule has 1 aliphatic rings. The lowest BCUT2D eigenvalue weighted by Gasteiger charge is -2.13. The molecule has 0 bridgehead atoms. The number of aryl methyl sites for hydroxylation is 1. The van der Waals surface area contributed by atoms with Crippen molar-refractivity contribution in [2.75, 3.05) is 18.7 Å². The Balaban J connectivity index is 1.35. The van der Waals surface area contributed by atoms with Crippen molar-refractivity contribution < 1.29 is 19.4 Å². The summed E-state index contributed by atoms with van der Waals surface area (Å²) in [6, 6.07) is 12.5. The van der Waals surface area contributed by atoms with E-state index in [-0.39, 0.29) is 13.3 Å². The van der Waals surface area contributed by atoms with Gasteiger partial charge in [-0.25, -0.2) is 4.79 Å². The number of carbonyl (C=O) groups excluding carboxylic acids is 1. The first kappa shape index (κ1) is 16.3. The molecule has 1 aliphatic heterocycles. The molecule has 7 heteroatoms. The molecule has 4 rings (SSSR count). The van der Waals surface area contributed by atoms with Crippen LogP contribution in [0.1, 0.15) is 11.7 Å². The van der Waals surface area contributed by atoms with Crippen LogP contribution in [0.15, 0.2) is 48.7 Å². The van der Waals surface area contributed by atoms with E-state index in [1.807, 2.05) is 42.1 Å². The molecule has 0 aliphatic carbocycles. The Morgan fingerprint density at radius 3 is 2.92 bits per heavy atom. The molecule has 0 fully saturated rings. The average Bonchev–Trinajstić information content (AvgIpc) is 3.25. The molecule has 2 heterocycles. The maximum absolute atomic E-state index is 12.1. The lowest BCUT2D eigenvalue weighted by atomic mass is 10.1. The van der Waals surface area contributed by atoms with E-state index in [1.54, 1.807) is 18.2 Å². The van der Waals surface area contributed by atoms with Gasteiger partial charge < -0.3 is 29.8 Å². The van der Waals surface area contributed by atoms with E-state index in [1.165, 1.54) is 0 Å². The molecular formula is C19H19N3O4. The number of amides is 2. The van der Waals surface area contributed by atoms with Gasteiger partial charge in [0, 0.05) is 37.1 Å². The summed E-state index contributed by atoms with van der Waals surface area (Å²) in [7, 11) is 1.97. The van der Waals surface area contributed by atoms with E-state index in [4.69, 9.17) is 9.47 Å². The van der Waals surface area contributed by atoms with E-state index in [2.05, 4.69) is 10.6 Å². The fourth-order valence-electron chi connectivity index (χ4n) is 2.96. The zero-order valence-corrected chi connectivity index (χ0v) is 14.2. The topological polar surface area (TPSA) is 84.8 Å². The second kappa shape index (κ2) is 6.61. The van der Waals surface area contributed by atoms with Gasteiger partial charge in [0.1, 0.15) is 0 Å². The molecule has 1 atom stereocenters. The van der Waals surface area contributed by atoms with Crippen molar-refractivity contribution in [2.45, 2.75) is 6.10 Å². The van der Waals surface area contributed by atoms with Gasteiger partial charge in [-0.05, 0) is 41.3 Å². The number of aliphatic hydroxyl groups excluding tert-OH is 1. The summed E-state index contributed by atoms with van der Waals surface area (Å²) in [4.78, 5) is 12.1. The van der Waals surface area contributed by atoms with Gasteiger partial charge in [0.2, 0.25) is 6.79 Å². The number of benzene rings is 2. The number of rotatable bonds is 4. The van der Waals surface area contributed by atoms with Gasteiger partial charge in [0.25, 0.3) is 0 Å². The van der Waals surface area contributed by atoms with Crippen molar-refractivity contribution in [2.24, 2.45) is 7.05 Å². The first-order valence-corrected chi connectivity index (χ1v) is 8.28. The molecule has 0 unspecified atom stereocenters. The molecule has 7 nitrogen and oxygen atoms in total. The highest BCUT2D eigenvalue weighted by molar-refractivity contribution is 5.89. The third-order valence-electron chi connectivity index (χ3n) is 4.38. The molecule has 1 aromatic heterocycles. The van der Waals surface area contributed by atoms with Gasteiger partial charge >= 0.3 is 6.03 Å². The van der Waals surface area contributed by atoms with Crippen molar-refractivity contribution in [3.63, 3.8) is 0 Å². The number of aromatic nitrogens is 1. The second-order valence-corrected chi connectivity index (χ2v) is 6.16. The summed E-state index contributed by atoms with van der Waals surface area (Å²) < 4.78 is 12.5. The SMILES string of the molecule is Cn1ccc2cc([C@H](O)CNC(=O)Nc3ccc4c(c3)OCO4)ccc21. The summed E-state index contributed by atoms with van der Waals surface area (Å²) in [5.41, 5.74) is 2.44. The van der Waals surface area contributed by atoms with E-state index >= 15 is 0 Å². The maximum Gasteiger partial charge on any atom is 0.319 e. The number of hydrogen-bond donors (Lipinski definition) is 3. The molecular weight excluding hydrogens is 334 g/mol. The first-order valence-electron chi connectivity index (χ1n) is 8.28. The Hall–Kier alpha value is -3.19. The molecule has 0 radical (unpaired) electrons. The monoisotopic (exact) mass is 353 g/mol. The number of aliphatic hydroxyl groups is 1. The minimum atomic E-state index is -0.790. The van der Waals surface area contributed by atoms with E-state index in [0.717, 1.165) is 16.5 Å². The number of nitrogens with zero attached hydrogens (tertiary/aromatic N) is 1. The van der Waals surface area contributed by atoms with Crippen LogP contribution < -0.4 is 20.1 Å². The fraction of sp³-hybridized carbons (Fsp3) is 0.211. The van der Waals surface area contributed by atoms with Gasteiger partial charge in [0.15, 0.2) is 11.5 Å². The van der Waals surface area contributed by atoms with Crippen LogP contribution in [0, 0.1) is 0 Å². The number of anilines is 1. The normalized spacial score (nSPS) is 13.6. The van der Waals surface area contributed by atoms with Crippen LogP contribution in [-0.4, -0.2) is 29.0 Å². The molecule has 0 spiro atoms. The van der Waals surface area contributed by atoms with Crippen LogP contribution in [0.2, 0.25) is 0 Å². The molecule has 134 valence electrons. The Morgan fingerprint density at radius 1 is 1.19 bits per heavy atom. The molecule has 0 saturated carbocycles.